The van der Waals surface area contributed by atoms with Crippen molar-refractivity contribution in [1.82, 2.24) is 9.80 Å². The van der Waals surface area contributed by atoms with Crippen LogP contribution in [0.5, 0.6) is 0 Å². The van der Waals surface area contributed by atoms with Gasteiger partial charge in [-0.25, -0.2) is 4.99 Å². The number of benzene rings is 1. The van der Waals surface area contributed by atoms with Crippen LogP contribution in [-0.4, -0.2) is 48.4 Å². The summed E-state index contributed by atoms with van der Waals surface area (Å²) in [6.45, 7) is 6.41. The molecule has 0 bridgehead atoms. The molecule has 0 spiro atoms. The molecule has 0 aromatic heterocycles. The van der Waals surface area contributed by atoms with Gasteiger partial charge in [-0.15, -0.1) is 0 Å². The van der Waals surface area contributed by atoms with Crippen LogP contribution in [0, 0.1) is 0 Å². The molecule has 0 saturated carbocycles. The second-order valence-electron chi connectivity index (χ2n) is 6.02. The Morgan fingerprint density at radius 2 is 1.82 bits per heavy atom. The van der Waals surface area contributed by atoms with E-state index in [-0.39, 0.29) is 5.37 Å². The molecule has 1 atom stereocenters. The average molecular weight is 312 g/mol. The number of piperazine rings is 1. The molecule has 0 radical (unpaired) electrons. The van der Waals surface area contributed by atoms with E-state index in [0.29, 0.717) is 0 Å². The van der Waals surface area contributed by atoms with E-state index in [1.165, 1.54) is 10.5 Å². The van der Waals surface area contributed by atoms with E-state index in [1.807, 2.05) is 23.9 Å². The van der Waals surface area contributed by atoms with Gasteiger partial charge in [-0.3, -0.25) is 4.99 Å². The number of fused-ring (bicyclic) bond motifs is 2. The lowest BCUT2D eigenvalue weighted by Crippen LogP contribution is -2.44. The third-order valence-electron chi connectivity index (χ3n) is 4.35. The lowest BCUT2D eigenvalue weighted by Gasteiger charge is -2.34. The van der Waals surface area contributed by atoms with Crippen LogP contribution in [0.1, 0.15) is 6.92 Å². The molecule has 4 nitrogen and oxygen atoms in total. The molecule has 3 aliphatic rings. The highest BCUT2D eigenvalue weighted by Gasteiger charge is 2.28. The zero-order valence-corrected chi connectivity index (χ0v) is 13.8. The Bertz CT molecular complexity index is 772. The Balaban J connectivity index is 1.85. The van der Waals surface area contributed by atoms with Crippen molar-refractivity contribution < 1.29 is 0 Å². The first-order chi connectivity index (χ1) is 10.7. The Kier molecular flexibility index (Phi) is 3.54. The molecule has 22 heavy (non-hydrogen) atoms. The molecule has 1 aromatic carbocycles. The fourth-order valence-corrected chi connectivity index (χ4v) is 4.09. The maximum absolute atomic E-state index is 5.00. The zero-order chi connectivity index (χ0) is 15.1. The summed E-state index contributed by atoms with van der Waals surface area (Å²) in [5.41, 5.74) is 1.27. The number of nitrogens with zero attached hydrogens (tertiary/aromatic N) is 4. The number of hydrogen-bond donors (Lipinski definition) is 0. The van der Waals surface area contributed by atoms with Crippen LogP contribution in [0.4, 0.5) is 0 Å². The zero-order valence-electron chi connectivity index (χ0n) is 13.0. The number of thioether (sulfide) groups is 1. The first-order valence-corrected chi connectivity index (χ1v) is 8.63. The second kappa shape index (κ2) is 5.56. The molecule has 1 aromatic rings. The van der Waals surface area contributed by atoms with E-state index in [0.717, 1.165) is 42.7 Å². The van der Waals surface area contributed by atoms with Crippen LogP contribution in [-0.2, 0) is 0 Å². The minimum absolute atomic E-state index is 0.155. The van der Waals surface area contributed by atoms with Gasteiger partial charge in [-0.2, -0.15) is 0 Å². The summed E-state index contributed by atoms with van der Waals surface area (Å²) >= 11 is 1.83. The van der Waals surface area contributed by atoms with Crippen molar-refractivity contribution in [3.8, 4) is 0 Å². The molecular formula is C17H20N4S. The summed E-state index contributed by atoms with van der Waals surface area (Å²) in [5.74, 6) is 1.12. The van der Waals surface area contributed by atoms with E-state index >= 15 is 0 Å². The topological polar surface area (TPSA) is 31.2 Å². The highest BCUT2D eigenvalue weighted by molar-refractivity contribution is 8.04. The summed E-state index contributed by atoms with van der Waals surface area (Å²) in [6.07, 6.45) is 2.27. The predicted molar refractivity (Wildman–Crippen MR) is 90.0 cm³/mol. The van der Waals surface area contributed by atoms with Crippen LogP contribution in [0.25, 0.3) is 0 Å². The molecule has 4 rings (SSSR count). The van der Waals surface area contributed by atoms with Crippen molar-refractivity contribution >= 4 is 11.8 Å². The SMILES string of the molecule is CC1=CC2=C(N3CCN(C)CC3)N=c3ccccc3=NC2S1. The van der Waals surface area contributed by atoms with E-state index in [2.05, 4.69) is 42.0 Å². The van der Waals surface area contributed by atoms with Crippen LogP contribution in [0.3, 0.4) is 0 Å². The Labute approximate surface area is 134 Å². The first kappa shape index (κ1) is 14.0. The van der Waals surface area contributed by atoms with E-state index in [9.17, 15) is 0 Å². The van der Waals surface area contributed by atoms with Gasteiger partial charge in [-0.05, 0) is 37.1 Å². The van der Waals surface area contributed by atoms with Crippen molar-refractivity contribution in [2.24, 2.45) is 9.98 Å². The van der Waals surface area contributed by atoms with Gasteiger partial charge in [0.25, 0.3) is 0 Å². The largest absolute Gasteiger partial charge is 0.354 e. The lowest BCUT2D eigenvalue weighted by atomic mass is 10.2. The first-order valence-electron chi connectivity index (χ1n) is 7.75. The van der Waals surface area contributed by atoms with E-state index in [1.54, 1.807) is 0 Å². The number of rotatable bonds is 1. The molecular weight excluding hydrogens is 292 g/mol. The Hall–Kier alpha value is -1.59. The Morgan fingerprint density at radius 3 is 2.59 bits per heavy atom. The van der Waals surface area contributed by atoms with Crippen LogP contribution in [0.15, 0.2) is 56.6 Å². The van der Waals surface area contributed by atoms with Gasteiger partial charge in [0.05, 0.1) is 10.7 Å². The van der Waals surface area contributed by atoms with Crippen molar-refractivity contribution in [1.29, 1.82) is 0 Å². The van der Waals surface area contributed by atoms with Gasteiger partial charge in [0.2, 0.25) is 0 Å². The van der Waals surface area contributed by atoms with Crippen molar-refractivity contribution in [2.75, 3.05) is 33.2 Å². The molecule has 0 N–H and O–H groups in total. The quantitative estimate of drug-likeness (QED) is 0.785. The maximum Gasteiger partial charge on any atom is 0.135 e. The number of likely N-dealkylation sites (N-methyl/N-ethyl adjacent to an activating group) is 1. The fraction of sp³-hybridized carbons (Fsp3) is 0.412. The number of para-hydroxylation sites is 2. The summed E-state index contributed by atoms with van der Waals surface area (Å²) in [4.78, 5) is 16.1. The van der Waals surface area contributed by atoms with Gasteiger partial charge < -0.3 is 9.80 Å². The highest BCUT2D eigenvalue weighted by atomic mass is 32.2. The van der Waals surface area contributed by atoms with Crippen LogP contribution >= 0.6 is 11.8 Å². The smallest absolute Gasteiger partial charge is 0.135 e. The summed E-state index contributed by atoms with van der Waals surface area (Å²) in [7, 11) is 2.18. The summed E-state index contributed by atoms with van der Waals surface area (Å²) in [5, 5.41) is 2.15. The minimum Gasteiger partial charge on any atom is -0.354 e. The molecule has 1 unspecified atom stereocenters. The fourth-order valence-electron chi connectivity index (χ4n) is 3.08. The third-order valence-corrected chi connectivity index (χ3v) is 5.42. The van der Waals surface area contributed by atoms with Crippen LogP contribution in [0.2, 0.25) is 0 Å². The molecule has 114 valence electrons. The lowest BCUT2D eigenvalue weighted by molar-refractivity contribution is 0.183. The third kappa shape index (κ3) is 2.48. The molecule has 1 saturated heterocycles. The van der Waals surface area contributed by atoms with Gasteiger partial charge >= 0.3 is 0 Å². The summed E-state index contributed by atoms with van der Waals surface area (Å²) in [6, 6.07) is 8.22. The van der Waals surface area contributed by atoms with Gasteiger partial charge in [0, 0.05) is 31.8 Å². The molecule has 3 heterocycles. The van der Waals surface area contributed by atoms with Crippen molar-refractivity contribution in [3.05, 3.63) is 57.4 Å². The molecule has 0 amide bonds. The summed E-state index contributed by atoms with van der Waals surface area (Å²) < 4.78 is 0. The monoisotopic (exact) mass is 312 g/mol. The molecule has 5 heteroatoms. The van der Waals surface area contributed by atoms with Gasteiger partial charge in [0.15, 0.2) is 0 Å². The van der Waals surface area contributed by atoms with Crippen molar-refractivity contribution in [2.45, 2.75) is 12.3 Å². The predicted octanol–water partition coefficient (Wildman–Crippen LogP) is 1.38. The highest BCUT2D eigenvalue weighted by Crippen LogP contribution is 2.39. The van der Waals surface area contributed by atoms with E-state index < -0.39 is 0 Å². The van der Waals surface area contributed by atoms with Crippen molar-refractivity contribution in [3.63, 3.8) is 0 Å². The molecule has 0 aliphatic carbocycles. The normalized spacial score (nSPS) is 24.9. The maximum atomic E-state index is 5.00. The molecule has 1 fully saturated rings. The average Bonchev–Trinajstić information content (AvgIpc) is 2.80. The minimum atomic E-state index is 0.155. The standard InChI is InChI=1S/C17H20N4S/c1-12-11-13-16(21-9-7-20(2)8-10-21)18-14-5-3-4-6-15(14)19-17(13)22-12/h3-6,11,17H,7-10H2,1-2H3. The van der Waals surface area contributed by atoms with Crippen LogP contribution < -0.4 is 10.7 Å². The van der Waals surface area contributed by atoms with Gasteiger partial charge in [-0.1, -0.05) is 23.9 Å². The molecule has 3 aliphatic heterocycles. The van der Waals surface area contributed by atoms with Gasteiger partial charge in [0.1, 0.15) is 11.2 Å². The number of allylic oxidation sites excluding steroid dienone is 1. The number of hydrogen-bond acceptors (Lipinski definition) is 5. The second-order valence-corrected chi connectivity index (χ2v) is 7.35. The van der Waals surface area contributed by atoms with E-state index in [4.69, 9.17) is 9.98 Å². The Morgan fingerprint density at radius 1 is 1.09 bits per heavy atom.